The van der Waals surface area contributed by atoms with E-state index in [9.17, 15) is 9.18 Å². The molecule has 1 aliphatic carbocycles. The number of carbonyl (C=O) groups is 1. The number of likely N-dealkylation sites (tertiary alicyclic amines) is 1. The van der Waals surface area contributed by atoms with Gasteiger partial charge in [0.05, 0.1) is 11.3 Å². The van der Waals surface area contributed by atoms with E-state index < -0.39 is 0 Å². The first kappa shape index (κ1) is 18.7. The quantitative estimate of drug-likeness (QED) is 0.858. The molecule has 1 unspecified atom stereocenters. The zero-order valence-corrected chi connectivity index (χ0v) is 16.6. The molecule has 7 heteroatoms. The largest absolute Gasteiger partial charge is 0.341 e. The number of carbonyl (C=O) groups excluding carboxylic acids is 1. The van der Waals surface area contributed by atoms with Crippen LogP contribution in [0, 0.1) is 17.2 Å². The monoisotopic (exact) mass is 398 g/mol. The minimum Gasteiger partial charge on any atom is -0.341 e. The van der Waals surface area contributed by atoms with E-state index in [0.29, 0.717) is 35.6 Å². The number of rotatable bonds is 3. The average molecular weight is 398 g/mol. The van der Waals surface area contributed by atoms with Gasteiger partial charge < -0.3 is 14.7 Å². The molecule has 2 saturated heterocycles. The third-order valence-corrected chi connectivity index (χ3v) is 7.05. The summed E-state index contributed by atoms with van der Waals surface area (Å²) in [5, 5.41) is 7.52. The van der Waals surface area contributed by atoms with Gasteiger partial charge in [-0.05, 0) is 50.3 Å². The van der Waals surface area contributed by atoms with Crippen molar-refractivity contribution in [2.45, 2.75) is 44.4 Å². The van der Waals surface area contributed by atoms with Crippen molar-refractivity contribution < 1.29 is 13.7 Å². The lowest BCUT2D eigenvalue weighted by Crippen LogP contribution is -2.52. The molecule has 5 rings (SSSR count). The second kappa shape index (κ2) is 7.52. The second-order valence-corrected chi connectivity index (χ2v) is 8.79. The molecule has 1 N–H and O–H groups in total. The normalized spacial score (nSPS) is 29.6. The maximum atomic E-state index is 13.6. The molecule has 0 spiro atoms. The summed E-state index contributed by atoms with van der Waals surface area (Å²) in [7, 11) is 0. The van der Waals surface area contributed by atoms with Gasteiger partial charge >= 0.3 is 0 Å². The molecule has 3 fully saturated rings. The average Bonchev–Trinajstić information content (AvgIpc) is 3.41. The Labute approximate surface area is 169 Å². The number of amides is 1. The van der Waals surface area contributed by atoms with Crippen molar-refractivity contribution in [2.24, 2.45) is 11.3 Å². The number of benzene rings is 1. The molecule has 1 saturated carbocycles. The molecule has 0 radical (unpaired) electrons. The van der Waals surface area contributed by atoms with Crippen LogP contribution in [0.5, 0.6) is 0 Å². The van der Waals surface area contributed by atoms with Gasteiger partial charge in [0.15, 0.2) is 0 Å². The molecule has 1 aromatic heterocycles. The van der Waals surface area contributed by atoms with Crippen LogP contribution >= 0.6 is 0 Å². The molecule has 154 valence electrons. The second-order valence-electron chi connectivity index (χ2n) is 8.79. The molecule has 1 aromatic carbocycles. The van der Waals surface area contributed by atoms with Gasteiger partial charge in [-0.15, -0.1) is 0 Å². The van der Waals surface area contributed by atoms with E-state index in [1.165, 1.54) is 18.6 Å². The lowest BCUT2D eigenvalue weighted by Gasteiger charge is -2.42. The van der Waals surface area contributed by atoms with Crippen LogP contribution in [0.15, 0.2) is 28.8 Å². The number of hydrogen-bond acceptors (Lipinski definition) is 5. The summed E-state index contributed by atoms with van der Waals surface area (Å²) in [5.74, 6) is 1.43. The number of nitrogens with zero attached hydrogens (tertiary/aromatic N) is 3. The summed E-state index contributed by atoms with van der Waals surface area (Å²) in [6.45, 7) is 3.19. The number of aromatic nitrogens is 2. The topological polar surface area (TPSA) is 71.3 Å². The highest BCUT2D eigenvalue weighted by atomic mass is 19.1. The van der Waals surface area contributed by atoms with Gasteiger partial charge in [-0.3, -0.25) is 4.79 Å². The zero-order chi connectivity index (χ0) is 19.8. The molecule has 3 atom stereocenters. The summed E-state index contributed by atoms with van der Waals surface area (Å²) in [5.41, 5.74) is 0.381. The Hall–Kier alpha value is -2.28. The van der Waals surface area contributed by atoms with Crippen molar-refractivity contribution in [2.75, 3.05) is 26.2 Å². The van der Waals surface area contributed by atoms with Gasteiger partial charge in [-0.2, -0.15) is 4.98 Å². The molecule has 29 heavy (non-hydrogen) atoms. The fraction of sp³-hybridized carbons (Fsp3) is 0.591. The molecule has 6 nitrogen and oxygen atoms in total. The van der Waals surface area contributed by atoms with E-state index in [1.54, 1.807) is 12.1 Å². The van der Waals surface area contributed by atoms with Crippen LogP contribution in [0.2, 0.25) is 0 Å². The maximum Gasteiger partial charge on any atom is 0.231 e. The first-order chi connectivity index (χ1) is 14.2. The Balaban J connectivity index is 1.33. The van der Waals surface area contributed by atoms with E-state index in [-0.39, 0.29) is 17.2 Å². The van der Waals surface area contributed by atoms with Gasteiger partial charge in [0, 0.05) is 25.2 Å². The molecule has 0 bridgehead atoms. The smallest absolute Gasteiger partial charge is 0.231 e. The Morgan fingerprint density at radius 3 is 3.10 bits per heavy atom. The number of piperidine rings is 1. The van der Waals surface area contributed by atoms with E-state index >= 15 is 0 Å². The molecule has 3 heterocycles. The van der Waals surface area contributed by atoms with E-state index in [2.05, 4.69) is 15.5 Å². The summed E-state index contributed by atoms with van der Waals surface area (Å²) in [4.78, 5) is 20.1. The Morgan fingerprint density at radius 1 is 1.28 bits per heavy atom. The highest BCUT2D eigenvalue weighted by Crippen LogP contribution is 2.45. The highest BCUT2D eigenvalue weighted by Gasteiger charge is 2.51. The molecule has 2 aliphatic heterocycles. The highest BCUT2D eigenvalue weighted by molar-refractivity contribution is 5.84. The molecule has 3 aliphatic rings. The predicted octanol–water partition coefficient (Wildman–Crippen LogP) is 3.36. The SMILES string of the molecule is O=C(N1CCCC(c2nc(-c3cccc(F)c3)no2)C1)[C@@]12CCCC[C@H]1CNC2. The van der Waals surface area contributed by atoms with Crippen LogP contribution in [0.3, 0.4) is 0 Å². The van der Waals surface area contributed by atoms with Crippen molar-refractivity contribution in [3.05, 3.63) is 36.0 Å². The zero-order valence-electron chi connectivity index (χ0n) is 16.6. The number of halogens is 1. The Kier molecular flexibility index (Phi) is 4.86. The maximum absolute atomic E-state index is 13.6. The molecular weight excluding hydrogens is 371 g/mol. The van der Waals surface area contributed by atoms with Crippen molar-refractivity contribution >= 4 is 5.91 Å². The van der Waals surface area contributed by atoms with Crippen LogP contribution < -0.4 is 5.32 Å². The number of nitrogens with one attached hydrogen (secondary N) is 1. The lowest BCUT2D eigenvalue weighted by atomic mass is 9.67. The van der Waals surface area contributed by atoms with Gasteiger partial charge in [0.1, 0.15) is 5.82 Å². The van der Waals surface area contributed by atoms with Crippen molar-refractivity contribution in [3.63, 3.8) is 0 Å². The third kappa shape index (κ3) is 3.35. The minimum absolute atomic E-state index is 0.0373. The number of hydrogen-bond donors (Lipinski definition) is 1. The van der Waals surface area contributed by atoms with Gasteiger partial charge in [-0.25, -0.2) is 4.39 Å². The Bertz CT molecular complexity index is 900. The summed E-state index contributed by atoms with van der Waals surface area (Å²) in [6.07, 6.45) is 6.37. The van der Waals surface area contributed by atoms with Gasteiger partial charge in [-0.1, -0.05) is 30.1 Å². The van der Waals surface area contributed by atoms with Gasteiger partial charge in [0.25, 0.3) is 0 Å². The van der Waals surface area contributed by atoms with E-state index in [4.69, 9.17) is 4.52 Å². The molecule has 1 amide bonds. The predicted molar refractivity (Wildman–Crippen MR) is 106 cm³/mol. The summed E-state index contributed by atoms with van der Waals surface area (Å²) in [6, 6.07) is 6.20. The van der Waals surface area contributed by atoms with Crippen LogP contribution in [-0.2, 0) is 4.79 Å². The van der Waals surface area contributed by atoms with Gasteiger partial charge in [0.2, 0.25) is 17.6 Å². The summed E-state index contributed by atoms with van der Waals surface area (Å²) >= 11 is 0. The standard InChI is InChI=1S/C22H27FN4O2/c23-18-8-3-5-15(11-18)19-25-20(29-26-19)16-6-4-10-27(13-16)21(28)22-9-2-1-7-17(22)12-24-14-22/h3,5,8,11,16-17,24H,1-2,4,6-7,9-10,12-14H2/t16?,17-,22+/m0/s1. The van der Waals surface area contributed by atoms with Crippen LogP contribution in [0.1, 0.15) is 50.3 Å². The van der Waals surface area contributed by atoms with Crippen molar-refractivity contribution in [1.82, 2.24) is 20.4 Å². The van der Waals surface area contributed by atoms with Crippen LogP contribution in [0.25, 0.3) is 11.4 Å². The van der Waals surface area contributed by atoms with E-state index in [0.717, 1.165) is 51.7 Å². The molecular formula is C22H27FN4O2. The first-order valence-corrected chi connectivity index (χ1v) is 10.8. The van der Waals surface area contributed by atoms with Crippen LogP contribution in [-0.4, -0.2) is 47.1 Å². The first-order valence-electron chi connectivity index (χ1n) is 10.8. The van der Waals surface area contributed by atoms with Crippen LogP contribution in [0.4, 0.5) is 4.39 Å². The number of fused-ring (bicyclic) bond motifs is 1. The fourth-order valence-electron chi connectivity index (χ4n) is 5.49. The lowest BCUT2D eigenvalue weighted by molar-refractivity contribution is -0.146. The third-order valence-electron chi connectivity index (χ3n) is 7.05. The van der Waals surface area contributed by atoms with Crippen molar-refractivity contribution in [3.8, 4) is 11.4 Å². The fourth-order valence-corrected chi connectivity index (χ4v) is 5.49. The minimum atomic E-state index is -0.324. The van der Waals surface area contributed by atoms with E-state index in [1.807, 2.05) is 4.90 Å². The Morgan fingerprint density at radius 2 is 2.21 bits per heavy atom. The summed E-state index contributed by atoms with van der Waals surface area (Å²) < 4.78 is 19.0. The molecule has 2 aromatic rings. The van der Waals surface area contributed by atoms with Crippen molar-refractivity contribution in [1.29, 1.82) is 0 Å².